The first kappa shape index (κ1) is 46.2. The molecule has 15 heteroatoms. The molecular weight excluding hydrogens is 770 g/mol. The molecule has 0 N–H and O–H groups in total. The number of nitrogens with zero attached hydrogens (tertiary/aromatic N) is 2. The highest BCUT2D eigenvalue weighted by Crippen LogP contribution is 2.39. The van der Waals surface area contributed by atoms with Crippen LogP contribution in [0.5, 0.6) is 0 Å². The van der Waals surface area contributed by atoms with Gasteiger partial charge in [0.2, 0.25) is 12.6 Å². The van der Waals surface area contributed by atoms with E-state index in [9.17, 15) is 31.1 Å². The Morgan fingerprint density at radius 1 is 0.569 bits per heavy atom. The fourth-order valence-corrected chi connectivity index (χ4v) is 6.46. The number of esters is 1. The fourth-order valence-electron chi connectivity index (χ4n) is 6.46. The van der Waals surface area contributed by atoms with E-state index >= 15 is 0 Å². The molecule has 2 aliphatic heterocycles. The van der Waals surface area contributed by atoms with E-state index in [1.54, 1.807) is 43.3 Å². The molecule has 0 bridgehead atoms. The number of hydrogen-bond donors (Lipinski definition) is 0. The van der Waals surface area contributed by atoms with Crippen LogP contribution >= 0.6 is 0 Å². The van der Waals surface area contributed by atoms with Gasteiger partial charge in [-0.2, -0.15) is 26.3 Å². The smallest absolute Gasteiger partial charge is 0.463 e. The van der Waals surface area contributed by atoms with E-state index in [-0.39, 0.29) is 66.2 Å². The number of alkyl halides is 6. The fraction of sp³-hybridized carbons (Fsp3) is 0.512. The molecule has 0 radical (unpaired) electrons. The minimum atomic E-state index is -4.77. The van der Waals surface area contributed by atoms with Crippen molar-refractivity contribution in [2.24, 2.45) is 45.5 Å². The van der Waals surface area contributed by atoms with E-state index < -0.39 is 48.8 Å². The number of aliphatic imine (C=N–C) groups is 2. The monoisotopic (exact) mass is 822 g/mol. The van der Waals surface area contributed by atoms with Gasteiger partial charge in [-0.05, 0) is 53.5 Å². The molecule has 0 amide bonds. The van der Waals surface area contributed by atoms with Crippen LogP contribution in [0.2, 0.25) is 0 Å². The highest BCUT2D eigenvalue weighted by molar-refractivity contribution is 5.85. The quantitative estimate of drug-likeness (QED) is 0.0869. The maximum atomic E-state index is 13.6. The third kappa shape index (κ3) is 13.6. The molecule has 3 aromatic rings. The summed E-state index contributed by atoms with van der Waals surface area (Å²) in [4.78, 5) is 18.3. The van der Waals surface area contributed by atoms with Gasteiger partial charge in [-0.3, -0.25) is 4.79 Å². The maximum Gasteiger partial charge on any atom is 0.468 e. The molecule has 3 aromatic carbocycles. The summed E-state index contributed by atoms with van der Waals surface area (Å²) in [6, 6.07) is 25.4. The standard InChI is InChI=1S/C24H28F3NO3.C19H24F3NO4/c1-16-17(2)21(15-29-14-19-10-6-4-7-11-19)30-22(18(16)3)31-23(24(25,26)27)28-20-12-8-5-9-13-20;1-11-12(2)16(10-25-14(4)24)26-17(13(11)3)27-18(19(20,21)22)23-15-8-6-5-7-9-15/h4-13,16-18,21-22H,14-15H2,1-3H3;5-9,11-13,16-17H,10H2,1-4H3/t16-,17-,18?,21?,22?;11-,12-,13?,16?,17?/m00/s1. The molecule has 9 nitrogen and oxygen atoms in total. The van der Waals surface area contributed by atoms with Crippen LogP contribution < -0.4 is 0 Å². The third-order valence-corrected chi connectivity index (χ3v) is 10.7. The van der Waals surface area contributed by atoms with Crippen molar-refractivity contribution < 1.29 is 59.6 Å². The number of hydrogen-bond acceptors (Lipinski definition) is 9. The zero-order valence-corrected chi connectivity index (χ0v) is 33.6. The molecule has 0 aromatic heterocycles. The summed E-state index contributed by atoms with van der Waals surface area (Å²) in [6.07, 6.45) is -12.7. The van der Waals surface area contributed by atoms with Crippen molar-refractivity contribution in [1.82, 2.24) is 0 Å². The van der Waals surface area contributed by atoms with Crippen molar-refractivity contribution in [3.05, 3.63) is 96.6 Å². The predicted molar refractivity (Wildman–Crippen MR) is 206 cm³/mol. The van der Waals surface area contributed by atoms with E-state index in [2.05, 4.69) is 9.98 Å². The van der Waals surface area contributed by atoms with Crippen LogP contribution in [0.15, 0.2) is 101 Å². The van der Waals surface area contributed by atoms with Crippen molar-refractivity contribution in [3.8, 4) is 0 Å². The summed E-state index contributed by atoms with van der Waals surface area (Å²) in [6.45, 7) is 13.4. The van der Waals surface area contributed by atoms with Gasteiger partial charge in [0.25, 0.3) is 11.8 Å². The Hall–Kier alpha value is -4.47. The largest absolute Gasteiger partial charge is 0.468 e. The molecule has 0 saturated carbocycles. The van der Waals surface area contributed by atoms with Gasteiger partial charge in [0.15, 0.2) is 0 Å². The summed E-state index contributed by atoms with van der Waals surface area (Å²) in [5.74, 6) is -3.53. The number of benzene rings is 3. The molecule has 2 fully saturated rings. The van der Waals surface area contributed by atoms with E-state index in [1.807, 2.05) is 65.0 Å². The van der Waals surface area contributed by atoms with Crippen molar-refractivity contribution in [3.63, 3.8) is 0 Å². The molecule has 58 heavy (non-hydrogen) atoms. The minimum Gasteiger partial charge on any atom is -0.463 e. The predicted octanol–water partition coefficient (Wildman–Crippen LogP) is 10.6. The average Bonchev–Trinajstić information content (AvgIpc) is 3.18. The lowest BCUT2D eigenvalue weighted by atomic mass is 9.79. The Morgan fingerprint density at radius 3 is 1.33 bits per heavy atom. The van der Waals surface area contributed by atoms with Gasteiger partial charge in [-0.25, -0.2) is 9.98 Å². The first-order valence-corrected chi connectivity index (χ1v) is 19.2. The molecule has 6 unspecified atom stereocenters. The summed E-state index contributed by atoms with van der Waals surface area (Å²) in [7, 11) is 0. The summed E-state index contributed by atoms with van der Waals surface area (Å²) in [5, 5.41) is 0. The molecule has 2 saturated heterocycles. The maximum absolute atomic E-state index is 13.6. The number of halogens is 6. The Kier molecular flexibility index (Phi) is 16.7. The molecule has 0 spiro atoms. The Morgan fingerprint density at radius 2 is 0.948 bits per heavy atom. The molecule has 10 atom stereocenters. The SMILES string of the molecule is CC(=O)OCC1OC(OC(=Nc2ccccc2)C(F)(F)F)C(C)[C@@H](C)[C@@H]1C.CC1C(OC(=Nc2ccccc2)C(F)(F)F)OC(COCc2ccccc2)[C@@H](C)[C@@H]1C. The highest BCUT2D eigenvalue weighted by Gasteiger charge is 2.47. The van der Waals surface area contributed by atoms with Crippen molar-refractivity contribution >= 4 is 29.1 Å². The summed E-state index contributed by atoms with van der Waals surface area (Å²) in [5.41, 5.74) is 1.32. The Bertz CT molecular complexity index is 1760. The number of para-hydroxylation sites is 2. The van der Waals surface area contributed by atoms with E-state index in [4.69, 9.17) is 28.4 Å². The first-order chi connectivity index (χ1) is 27.3. The lowest BCUT2D eigenvalue weighted by molar-refractivity contribution is -0.237. The topological polar surface area (TPSA) is 97.2 Å². The number of ether oxygens (including phenoxy) is 6. The highest BCUT2D eigenvalue weighted by atomic mass is 19.4. The third-order valence-electron chi connectivity index (χ3n) is 10.7. The Balaban J connectivity index is 0.000000259. The van der Waals surface area contributed by atoms with E-state index in [0.717, 1.165) is 5.56 Å². The van der Waals surface area contributed by atoms with Crippen LogP contribution in [0.25, 0.3) is 0 Å². The summed E-state index contributed by atoms with van der Waals surface area (Å²) < 4.78 is 114. The lowest BCUT2D eigenvalue weighted by Gasteiger charge is -2.43. The normalized spacial score (nSPS) is 28.2. The number of rotatable bonds is 10. The zero-order valence-electron chi connectivity index (χ0n) is 33.6. The van der Waals surface area contributed by atoms with Crippen molar-refractivity contribution in [2.75, 3.05) is 13.2 Å². The summed E-state index contributed by atoms with van der Waals surface area (Å²) >= 11 is 0. The second-order valence-corrected chi connectivity index (χ2v) is 14.8. The average molecular weight is 823 g/mol. The molecular formula is C43H52F6N2O7. The Labute approximate surface area is 335 Å². The van der Waals surface area contributed by atoms with Crippen molar-refractivity contribution in [1.29, 1.82) is 0 Å². The molecule has 318 valence electrons. The van der Waals surface area contributed by atoms with E-state index in [1.165, 1.54) is 31.2 Å². The van der Waals surface area contributed by atoms with E-state index in [0.29, 0.717) is 6.61 Å². The van der Waals surface area contributed by atoms with Gasteiger partial charge in [0.1, 0.15) is 6.61 Å². The van der Waals surface area contributed by atoms with Crippen LogP contribution in [0.4, 0.5) is 37.7 Å². The van der Waals surface area contributed by atoms with Gasteiger partial charge in [-0.1, -0.05) is 108 Å². The second kappa shape index (κ2) is 21.0. The van der Waals surface area contributed by atoms with Gasteiger partial charge in [-0.15, -0.1) is 0 Å². The van der Waals surface area contributed by atoms with Gasteiger partial charge in [0.05, 0.1) is 36.8 Å². The van der Waals surface area contributed by atoms with Gasteiger partial charge in [0, 0.05) is 18.8 Å². The van der Waals surface area contributed by atoms with Crippen LogP contribution in [0.3, 0.4) is 0 Å². The first-order valence-electron chi connectivity index (χ1n) is 19.2. The molecule has 2 aliphatic rings. The zero-order chi connectivity index (χ0) is 42.6. The minimum absolute atomic E-state index is 0.00415. The number of carbonyl (C=O) groups excluding carboxylic acids is 1. The van der Waals surface area contributed by atoms with Crippen molar-refractivity contribution in [2.45, 2.75) is 92.2 Å². The molecule has 0 aliphatic carbocycles. The van der Waals surface area contributed by atoms with Gasteiger partial charge < -0.3 is 28.4 Å². The van der Waals surface area contributed by atoms with Gasteiger partial charge >= 0.3 is 18.3 Å². The van der Waals surface area contributed by atoms with Crippen LogP contribution in [0.1, 0.15) is 54.0 Å². The van der Waals surface area contributed by atoms with Crippen LogP contribution in [-0.2, 0) is 39.8 Å². The second-order valence-electron chi connectivity index (χ2n) is 14.8. The van der Waals surface area contributed by atoms with Crippen LogP contribution in [0, 0.1) is 35.5 Å². The number of carbonyl (C=O) groups is 1. The lowest BCUT2D eigenvalue weighted by Crippen LogP contribution is -2.49. The molecule has 2 heterocycles. The van der Waals surface area contributed by atoms with Crippen LogP contribution in [-0.4, -0.2) is 68.1 Å². The molecule has 5 rings (SSSR count).